The second kappa shape index (κ2) is 20.1. The number of benzene rings is 1. The number of ether oxygens (including phenoxy) is 1. The Kier molecular flexibility index (Phi) is 16.6. The summed E-state index contributed by atoms with van der Waals surface area (Å²) in [7, 11) is -3.61. The molecule has 1 fully saturated rings. The molecule has 1 aliphatic rings. The molecule has 48 heavy (non-hydrogen) atoms. The van der Waals surface area contributed by atoms with Gasteiger partial charge in [0.15, 0.2) is 11.8 Å². The van der Waals surface area contributed by atoms with Crippen LogP contribution in [0.25, 0.3) is 0 Å². The maximum Gasteiger partial charge on any atom is 0.257 e. The van der Waals surface area contributed by atoms with Crippen LogP contribution in [0.15, 0.2) is 24.5 Å². The Bertz CT molecular complexity index is 1390. The summed E-state index contributed by atoms with van der Waals surface area (Å²) in [5.74, 6) is -0.599. The first kappa shape index (κ1) is 39.7. The van der Waals surface area contributed by atoms with E-state index < -0.39 is 27.4 Å². The van der Waals surface area contributed by atoms with E-state index in [9.17, 15) is 18.0 Å². The van der Waals surface area contributed by atoms with Crippen molar-refractivity contribution in [2.45, 2.75) is 124 Å². The first-order valence-electron chi connectivity index (χ1n) is 17.8. The third-order valence-corrected chi connectivity index (χ3v) is 10.3. The van der Waals surface area contributed by atoms with Gasteiger partial charge in [0, 0.05) is 18.5 Å². The van der Waals surface area contributed by atoms with Gasteiger partial charge in [-0.2, -0.15) is 0 Å². The van der Waals surface area contributed by atoms with Crippen LogP contribution < -0.4 is 14.9 Å². The molecule has 1 unspecified atom stereocenters. The van der Waals surface area contributed by atoms with E-state index in [2.05, 4.69) is 27.0 Å². The largest absolute Gasteiger partial charge is 0.378 e. The summed E-state index contributed by atoms with van der Waals surface area (Å²) in [5, 5.41) is 7.39. The highest BCUT2D eigenvalue weighted by molar-refractivity contribution is 7.92. The molecule has 0 saturated carbocycles. The third-order valence-electron chi connectivity index (χ3n) is 8.55. The standard InChI is InChI=1S/C35H57ClN6O5S/c1-5-6-7-8-9-10-11-12-13-14-15-16-17-18-25-48(45,46)40-28-19-20-29(36)30(26-28)38-33(44)31(32(43)35(2,3)4)42-27-37-34(39-42)41-21-23-47-24-22-41/h19-20,26-27,31,40H,5-18,21-25H2,1-4H3,(H,38,44). The smallest absolute Gasteiger partial charge is 0.257 e. The zero-order valence-electron chi connectivity index (χ0n) is 29.4. The number of carbonyl (C=O) groups excluding carboxylic acids is 2. The molecule has 0 radical (unpaired) electrons. The molecule has 2 N–H and O–H groups in total. The van der Waals surface area contributed by atoms with Crippen molar-refractivity contribution in [2.75, 3.05) is 47.0 Å². The van der Waals surface area contributed by atoms with Crippen molar-refractivity contribution in [2.24, 2.45) is 5.41 Å². The fraction of sp³-hybridized carbons (Fsp3) is 0.714. The summed E-state index contributed by atoms with van der Waals surface area (Å²) in [6.07, 6.45) is 18.1. The Hall–Kier alpha value is -2.70. The van der Waals surface area contributed by atoms with Gasteiger partial charge in [-0.1, -0.05) is 123 Å². The van der Waals surface area contributed by atoms with Gasteiger partial charge >= 0.3 is 0 Å². The Balaban J connectivity index is 1.49. The first-order chi connectivity index (χ1) is 22.9. The number of nitrogens with zero attached hydrogens (tertiary/aromatic N) is 4. The van der Waals surface area contributed by atoms with Crippen LogP contribution in [0.2, 0.25) is 5.02 Å². The van der Waals surface area contributed by atoms with Crippen LogP contribution in [0.1, 0.15) is 124 Å². The van der Waals surface area contributed by atoms with Crippen LogP contribution in [-0.2, 0) is 24.3 Å². The number of hydrogen-bond donors (Lipinski definition) is 2. The van der Waals surface area contributed by atoms with Gasteiger partial charge in [0.1, 0.15) is 6.33 Å². The predicted molar refractivity (Wildman–Crippen MR) is 194 cm³/mol. The fourth-order valence-electron chi connectivity index (χ4n) is 5.67. The van der Waals surface area contributed by atoms with Crippen molar-refractivity contribution in [3.63, 3.8) is 0 Å². The van der Waals surface area contributed by atoms with Crippen molar-refractivity contribution >= 4 is 50.6 Å². The zero-order valence-corrected chi connectivity index (χ0v) is 31.0. The van der Waals surface area contributed by atoms with Crippen molar-refractivity contribution in [3.8, 4) is 0 Å². The van der Waals surface area contributed by atoms with Crippen LogP contribution in [0, 0.1) is 5.41 Å². The lowest BCUT2D eigenvalue weighted by molar-refractivity contribution is -0.135. The van der Waals surface area contributed by atoms with Crippen LogP contribution >= 0.6 is 11.6 Å². The minimum atomic E-state index is -3.61. The zero-order chi connectivity index (χ0) is 35.0. The van der Waals surface area contributed by atoms with Crippen molar-refractivity contribution in [1.82, 2.24) is 14.8 Å². The lowest BCUT2D eigenvalue weighted by Crippen LogP contribution is -2.39. The van der Waals surface area contributed by atoms with Gasteiger partial charge in [-0.3, -0.25) is 14.3 Å². The molecule has 1 amide bonds. The second-order valence-corrected chi connectivity index (χ2v) is 16.1. The molecular formula is C35H57ClN6O5S. The number of aromatic nitrogens is 3. The third kappa shape index (κ3) is 13.7. The number of ketones is 1. The van der Waals surface area contributed by atoms with E-state index in [0.717, 1.165) is 19.3 Å². The monoisotopic (exact) mass is 708 g/mol. The molecule has 2 aromatic rings. The Morgan fingerprint density at radius 2 is 1.48 bits per heavy atom. The number of Topliss-reactive ketones (excluding diaryl/α,β-unsaturated/α-hetero) is 1. The maximum atomic E-state index is 13.6. The van der Waals surface area contributed by atoms with Crippen molar-refractivity contribution in [3.05, 3.63) is 29.5 Å². The van der Waals surface area contributed by atoms with Gasteiger partial charge in [-0.25, -0.2) is 18.1 Å². The summed E-state index contributed by atoms with van der Waals surface area (Å²) >= 11 is 6.41. The number of hydrogen-bond acceptors (Lipinski definition) is 8. The molecule has 0 aliphatic carbocycles. The second-order valence-electron chi connectivity index (χ2n) is 13.8. The number of nitrogens with one attached hydrogen (secondary N) is 2. The van der Waals surface area contributed by atoms with E-state index >= 15 is 0 Å². The molecule has 1 atom stereocenters. The highest BCUT2D eigenvalue weighted by Gasteiger charge is 2.37. The molecule has 3 rings (SSSR count). The summed E-state index contributed by atoms with van der Waals surface area (Å²) in [5.41, 5.74) is -0.408. The summed E-state index contributed by atoms with van der Waals surface area (Å²) < 4.78 is 35.0. The highest BCUT2D eigenvalue weighted by Crippen LogP contribution is 2.30. The molecule has 1 aliphatic heterocycles. The number of morpholine rings is 1. The molecule has 1 aromatic carbocycles. The topological polar surface area (TPSA) is 136 Å². The van der Waals surface area contributed by atoms with Gasteiger partial charge in [-0.05, 0) is 24.6 Å². The van der Waals surface area contributed by atoms with Crippen LogP contribution in [0.5, 0.6) is 0 Å². The van der Waals surface area contributed by atoms with Gasteiger partial charge < -0.3 is 15.0 Å². The molecule has 0 spiro atoms. The average Bonchev–Trinajstić information content (AvgIpc) is 3.52. The Labute approximate surface area is 293 Å². The number of amides is 1. The van der Waals surface area contributed by atoms with Gasteiger partial charge in [0.25, 0.3) is 5.91 Å². The first-order valence-corrected chi connectivity index (χ1v) is 19.8. The number of unbranched alkanes of at least 4 members (excludes halogenated alkanes) is 13. The molecule has 11 nitrogen and oxygen atoms in total. The quantitative estimate of drug-likeness (QED) is 0.0935. The summed E-state index contributed by atoms with van der Waals surface area (Å²) in [4.78, 5) is 33.4. The van der Waals surface area contributed by atoms with Gasteiger partial charge in [-0.15, -0.1) is 5.10 Å². The highest BCUT2D eigenvalue weighted by atomic mass is 35.5. The van der Waals surface area contributed by atoms with Crippen LogP contribution in [-0.4, -0.2) is 66.9 Å². The van der Waals surface area contributed by atoms with Crippen LogP contribution in [0.3, 0.4) is 0 Å². The van der Waals surface area contributed by atoms with Crippen molar-refractivity contribution < 1.29 is 22.7 Å². The molecular weight excluding hydrogens is 652 g/mol. The lowest BCUT2D eigenvalue weighted by Gasteiger charge is -2.26. The predicted octanol–water partition coefficient (Wildman–Crippen LogP) is 7.79. The number of anilines is 3. The van der Waals surface area contributed by atoms with E-state index in [0.29, 0.717) is 38.7 Å². The maximum absolute atomic E-state index is 13.6. The van der Waals surface area contributed by atoms with Gasteiger partial charge in [0.05, 0.1) is 35.4 Å². The molecule has 2 heterocycles. The Morgan fingerprint density at radius 1 is 0.917 bits per heavy atom. The summed E-state index contributed by atoms with van der Waals surface area (Å²) in [6, 6.07) is 3.20. The normalized spacial score (nSPS) is 14.6. The number of carbonyl (C=O) groups is 2. The average molecular weight is 709 g/mol. The minimum Gasteiger partial charge on any atom is -0.378 e. The van der Waals surface area contributed by atoms with E-state index in [1.165, 1.54) is 87.4 Å². The molecule has 1 aromatic heterocycles. The Morgan fingerprint density at radius 3 is 2.04 bits per heavy atom. The van der Waals surface area contributed by atoms with E-state index in [-0.39, 0.29) is 27.9 Å². The summed E-state index contributed by atoms with van der Waals surface area (Å²) in [6.45, 7) is 9.73. The van der Waals surface area contributed by atoms with Crippen molar-refractivity contribution in [1.29, 1.82) is 0 Å². The fourth-order valence-corrected chi connectivity index (χ4v) is 7.01. The number of halogens is 1. The van der Waals surface area contributed by atoms with E-state index in [1.54, 1.807) is 26.8 Å². The molecule has 1 saturated heterocycles. The molecule has 270 valence electrons. The van der Waals surface area contributed by atoms with E-state index in [4.69, 9.17) is 16.3 Å². The van der Waals surface area contributed by atoms with Gasteiger partial charge in [0.2, 0.25) is 16.0 Å². The SMILES string of the molecule is CCCCCCCCCCCCCCCCS(=O)(=O)Nc1ccc(Cl)c(NC(=O)C(C(=O)C(C)(C)C)n2cnc(N3CCOCC3)n2)c1. The number of rotatable bonds is 22. The molecule has 0 bridgehead atoms. The number of sulfonamides is 1. The van der Waals surface area contributed by atoms with Crippen LogP contribution in [0.4, 0.5) is 17.3 Å². The van der Waals surface area contributed by atoms with E-state index in [1.807, 2.05) is 4.90 Å². The minimum absolute atomic E-state index is 0.00921. The molecule has 13 heteroatoms. The lowest BCUT2D eigenvalue weighted by atomic mass is 9.86.